The Kier molecular flexibility index (Phi) is 4.83. The molecule has 1 aliphatic rings. The highest BCUT2D eigenvalue weighted by Crippen LogP contribution is 2.41. The molecule has 0 spiro atoms. The van der Waals surface area contributed by atoms with Crippen LogP contribution >= 0.6 is 11.6 Å². The summed E-state index contributed by atoms with van der Waals surface area (Å²) in [5.74, 6) is -0.350. The number of esters is 1. The lowest BCUT2D eigenvalue weighted by Crippen LogP contribution is -2.29. The van der Waals surface area contributed by atoms with Crippen LogP contribution < -0.4 is 10.3 Å². The number of aromatic nitrogens is 1. The van der Waals surface area contributed by atoms with Crippen LogP contribution in [0.2, 0.25) is 5.02 Å². The summed E-state index contributed by atoms with van der Waals surface area (Å²) in [6.07, 6.45) is 0. The van der Waals surface area contributed by atoms with Gasteiger partial charge in [-0.25, -0.2) is 4.79 Å². The summed E-state index contributed by atoms with van der Waals surface area (Å²) in [5, 5.41) is 4.67. The molecule has 0 bridgehead atoms. The number of anilines is 1. The van der Waals surface area contributed by atoms with Gasteiger partial charge in [0.25, 0.3) is 5.91 Å². The van der Waals surface area contributed by atoms with E-state index in [2.05, 4.69) is 5.16 Å². The molecule has 2 aromatic carbocycles. The molecule has 0 radical (unpaired) electrons. The number of nitrogens with zero attached hydrogens (tertiary/aromatic N) is 2. The van der Waals surface area contributed by atoms with Crippen LogP contribution in [0.25, 0.3) is 11.0 Å². The van der Waals surface area contributed by atoms with E-state index in [1.54, 1.807) is 56.3 Å². The van der Waals surface area contributed by atoms with Crippen molar-refractivity contribution in [2.24, 2.45) is 0 Å². The molecule has 33 heavy (non-hydrogen) atoms. The molecule has 9 heteroatoms. The molecule has 3 heterocycles. The van der Waals surface area contributed by atoms with Gasteiger partial charge in [0.05, 0.1) is 29.7 Å². The number of aryl methyl sites for hydroxylation is 2. The third-order valence-electron chi connectivity index (χ3n) is 5.66. The van der Waals surface area contributed by atoms with Crippen molar-refractivity contribution in [2.45, 2.75) is 19.9 Å². The minimum Gasteiger partial charge on any atom is -0.465 e. The minimum absolute atomic E-state index is 0.0723. The molecule has 1 amide bonds. The number of carbonyl (C=O) groups is 2. The molecule has 0 fully saturated rings. The first kappa shape index (κ1) is 21.0. The number of carbonyl (C=O) groups excluding carboxylic acids is 2. The number of benzene rings is 2. The number of amides is 1. The third kappa shape index (κ3) is 3.22. The fourth-order valence-corrected chi connectivity index (χ4v) is 4.19. The second kappa shape index (κ2) is 7.60. The zero-order valence-electron chi connectivity index (χ0n) is 17.8. The second-order valence-corrected chi connectivity index (χ2v) is 8.17. The van der Waals surface area contributed by atoms with Crippen LogP contribution in [0.1, 0.15) is 49.4 Å². The highest BCUT2D eigenvalue weighted by molar-refractivity contribution is 6.32. The molecule has 0 saturated carbocycles. The highest BCUT2D eigenvalue weighted by atomic mass is 35.5. The lowest BCUT2D eigenvalue weighted by atomic mass is 9.97. The van der Waals surface area contributed by atoms with E-state index in [1.807, 2.05) is 0 Å². The van der Waals surface area contributed by atoms with Crippen LogP contribution in [0, 0.1) is 13.8 Å². The molecule has 8 nitrogen and oxygen atoms in total. The van der Waals surface area contributed by atoms with Crippen LogP contribution in [0.3, 0.4) is 0 Å². The average Bonchev–Trinajstić information content (AvgIpc) is 3.36. The smallest absolute Gasteiger partial charge is 0.337 e. The summed E-state index contributed by atoms with van der Waals surface area (Å²) in [5.41, 5.74) is 1.71. The first-order valence-corrected chi connectivity index (χ1v) is 10.4. The number of methoxy groups -OCH3 is 1. The van der Waals surface area contributed by atoms with E-state index >= 15 is 0 Å². The van der Waals surface area contributed by atoms with Gasteiger partial charge in [-0.3, -0.25) is 14.5 Å². The second-order valence-electron chi connectivity index (χ2n) is 7.76. The van der Waals surface area contributed by atoms with Gasteiger partial charge in [-0.15, -0.1) is 0 Å². The Hall–Kier alpha value is -3.91. The summed E-state index contributed by atoms with van der Waals surface area (Å²) in [7, 11) is 1.29. The van der Waals surface area contributed by atoms with Crippen molar-refractivity contribution in [3.8, 4) is 0 Å². The molecule has 1 atom stereocenters. The van der Waals surface area contributed by atoms with Crippen LogP contribution in [0.15, 0.2) is 56.2 Å². The van der Waals surface area contributed by atoms with Crippen molar-refractivity contribution in [2.75, 3.05) is 12.0 Å². The Morgan fingerprint density at radius 1 is 1.12 bits per heavy atom. The Labute approximate surface area is 192 Å². The molecule has 166 valence electrons. The Bertz CT molecular complexity index is 1500. The van der Waals surface area contributed by atoms with Crippen LogP contribution in [0.4, 0.5) is 5.82 Å². The normalized spacial score (nSPS) is 15.2. The van der Waals surface area contributed by atoms with Gasteiger partial charge in [0.1, 0.15) is 11.3 Å². The molecule has 5 rings (SSSR count). The van der Waals surface area contributed by atoms with Gasteiger partial charge in [-0.1, -0.05) is 28.9 Å². The molecular formula is C24H17ClN2O6. The Balaban J connectivity index is 1.77. The fraction of sp³-hybridized carbons (Fsp3) is 0.167. The van der Waals surface area contributed by atoms with Gasteiger partial charge in [-0.05, 0) is 49.2 Å². The Morgan fingerprint density at radius 3 is 2.48 bits per heavy atom. The van der Waals surface area contributed by atoms with E-state index in [9.17, 15) is 14.4 Å². The minimum atomic E-state index is -0.843. The standard InChI is InChI=1S/C24H17ClN2O6/c1-11-8-17-15(10-16(11)25)21(28)19-20(13-4-6-14(7-5-13)24(30)31-3)27(23(29)22(19)32-17)18-9-12(2)33-26-18/h4-10,20H,1-3H3. The number of hydrogen-bond acceptors (Lipinski definition) is 7. The van der Waals surface area contributed by atoms with E-state index in [-0.39, 0.29) is 33.5 Å². The predicted octanol–water partition coefficient (Wildman–Crippen LogP) is 4.59. The van der Waals surface area contributed by atoms with Crippen molar-refractivity contribution in [3.63, 3.8) is 0 Å². The van der Waals surface area contributed by atoms with Gasteiger partial charge >= 0.3 is 5.97 Å². The fourth-order valence-electron chi connectivity index (χ4n) is 4.03. The van der Waals surface area contributed by atoms with Gasteiger partial charge < -0.3 is 13.7 Å². The monoisotopic (exact) mass is 464 g/mol. The van der Waals surface area contributed by atoms with Gasteiger partial charge in [-0.2, -0.15) is 0 Å². The SMILES string of the molecule is COC(=O)c1ccc(C2c3c(oc4cc(C)c(Cl)cc4c3=O)C(=O)N2c2cc(C)on2)cc1. The molecule has 2 aromatic heterocycles. The van der Waals surface area contributed by atoms with Crippen molar-refractivity contribution in [1.29, 1.82) is 0 Å². The van der Waals surface area contributed by atoms with E-state index in [1.165, 1.54) is 12.0 Å². The molecule has 0 aliphatic carbocycles. The molecular weight excluding hydrogens is 448 g/mol. The first-order chi connectivity index (χ1) is 15.8. The first-order valence-electron chi connectivity index (χ1n) is 10.0. The topological polar surface area (TPSA) is 103 Å². The van der Waals surface area contributed by atoms with E-state index in [0.717, 1.165) is 5.56 Å². The predicted molar refractivity (Wildman–Crippen MR) is 120 cm³/mol. The molecule has 1 unspecified atom stereocenters. The van der Waals surface area contributed by atoms with Crippen LogP contribution in [0.5, 0.6) is 0 Å². The zero-order valence-corrected chi connectivity index (χ0v) is 18.6. The van der Waals surface area contributed by atoms with Crippen LogP contribution in [-0.2, 0) is 4.74 Å². The van der Waals surface area contributed by atoms with Crippen LogP contribution in [-0.4, -0.2) is 24.1 Å². The highest BCUT2D eigenvalue weighted by Gasteiger charge is 2.45. The maximum atomic E-state index is 13.6. The number of halogens is 1. The summed E-state index contributed by atoms with van der Waals surface area (Å²) >= 11 is 6.26. The number of fused-ring (bicyclic) bond motifs is 2. The van der Waals surface area contributed by atoms with E-state index in [0.29, 0.717) is 21.9 Å². The molecule has 0 saturated heterocycles. The Morgan fingerprint density at radius 2 is 1.85 bits per heavy atom. The molecule has 4 aromatic rings. The van der Waals surface area contributed by atoms with Crippen molar-refractivity contribution >= 4 is 40.3 Å². The van der Waals surface area contributed by atoms with E-state index in [4.69, 9.17) is 25.3 Å². The molecule has 0 N–H and O–H groups in total. The lowest BCUT2D eigenvalue weighted by Gasteiger charge is -2.22. The van der Waals surface area contributed by atoms with Gasteiger partial charge in [0.2, 0.25) is 5.76 Å². The third-order valence-corrected chi connectivity index (χ3v) is 6.07. The summed E-state index contributed by atoms with van der Waals surface area (Å²) in [4.78, 5) is 40.3. The summed E-state index contributed by atoms with van der Waals surface area (Å²) in [6.45, 7) is 3.49. The summed E-state index contributed by atoms with van der Waals surface area (Å²) in [6, 6.07) is 10.4. The number of rotatable bonds is 3. The van der Waals surface area contributed by atoms with E-state index < -0.39 is 17.9 Å². The summed E-state index contributed by atoms with van der Waals surface area (Å²) < 4.78 is 15.9. The van der Waals surface area contributed by atoms with Gasteiger partial charge in [0.15, 0.2) is 11.2 Å². The van der Waals surface area contributed by atoms with Gasteiger partial charge in [0, 0.05) is 11.1 Å². The average molecular weight is 465 g/mol. The lowest BCUT2D eigenvalue weighted by molar-refractivity contribution is 0.0600. The van der Waals surface area contributed by atoms with Crippen molar-refractivity contribution in [3.05, 3.63) is 91.5 Å². The maximum Gasteiger partial charge on any atom is 0.337 e. The van der Waals surface area contributed by atoms with Crippen molar-refractivity contribution in [1.82, 2.24) is 5.16 Å². The van der Waals surface area contributed by atoms with Crippen molar-refractivity contribution < 1.29 is 23.3 Å². The number of hydrogen-bond donors (Lipinski definition) is 0. The number of ether oxygens (including phenoxy) is 1. The molecule has 1 aliphatic heterocycles. The maximum absolute atomic E-state index is 13.6. The zero-order chi connectivity index (χ0) is 23.4. The quantitative estimate of drug-likeness (QED) is 0.408. The largest absolute Gasteiger partial charge is 0.465 e.